The highest BCUT2D eigenvalue weighted by Crippen LogP contribution is 2.21. The van der Waals surface area contributed by atoms with E-state index in [2.05, 4.69) is 38.0 Å². The Labute approximate surface area is 125 Å². The van der Waals surface area contributed by atoms with Crippen LogP contribution in [0.4, 0.5) is 0 Å². The molecule has 0 amide bonds. The van der Waals surface area contributed by atoms with Crippen molar-refractivity contribution < 1.29 is 0 Å². The minimum Gasteiger partial charge on any atom is -0.301 e. The van der Waals surface area contributed by atoms with E-state index in [4.69, 9.17) is 0 Å². The minimum atomic E-state index is -0.0861. The quantitative estimate of drug-likeness (QED) is 0.678. The zero-order valence-electron chi connectivity index (χ0n) is 10.8. The van der Waals surface area contributed by atoms with E-state index < -0.39 is 0 Å². The Balaban J connectivity index is 2.11. The van der Waals surface area contributed by atoms with Gasteiger partial charge < -0.3 is 4.98 Å². The van der Waals surface area contributed by atoms with Crippen LogP contribution in [0.15, 0.2) is 44.8 Å². The first-order valence-electron chi connectivity index (χ1n) is 6.03. The van der Waals surface area contributed by atoms with Gasteiger partial charge in [-0.25, -0.2) is 4.98 Å². The summed E-state index contributed by atoms with van der Waals surface area (Å²) in [7, 11) is 0. The molecule has 0 unspecified atom stereocenters. The van der Waals surface area contributed by atoms with Crippen LogP contribution in [0.5, 0.6) is 0 Å². The van der Waals surface area contributed by atoms with E-state index in [-0.39, 0.29) is 11.5 Å². The molecule has 5 heteroatoms. The molecule has 2 rings (SSSR count). The smallest absolute Gasteiger partial charge is 0.251 e. The van der Waals surface area contributed by atoms with Crippen LogP contribution in [-0.2, 0) is 5.75 Å². The number of nitrogens with zero attached hydrogens (tertiary/aromatic N) is 1. The van der Waals surface area contributed by atoms with Gasteiger partial charge in [0.25, 0.3) is 5.56 Å². The Hall–Kier alpha value is -1.07. The summed E-state index contributed by atoms with van der Waals surface area (Å²) in [4.78, 5) is 18.8. The van der Waals surface area contributed by atoms with Crippen LogP contribution in [0.25, 0.3) is 0 Å². The minimum absolute atomic E-state index is 0.0861. The van der Waals surface area contributed by atoms with Crippen LogP contribution in [0.2, 0.25) is 0 Å². The SMILES string of the molecule is CC(C)c1cc(=O)[nH]c(SCc2ccc(Br)cc2)n1. The van der Waals surface area contributed by atoms with E-state index in [0.717, 1.165) is 15.9 Å². The van der Waals surface area contributed by atoms with E-state index in [1.807, 2.05) is 26.0 Å². The number of hydrogen-bond donors (Lipinski definition) is 1. The Morgan fingerprint density at radius 3 is 2.63 bits per heavy atom. The molecule has 0 aliphatic carbocycles. The van der Waals surface area contributed by atoms with Gasteiger partial charge in [0.1, 0.15) is 0 Å². The second kappa shape index (κ2) is 6.39. The molecule has 1 aromatic heterocycles. The van der Waals surface area contributed by atoms with E-state index >= 15 is 0 Å². The number of aromatic nitrogens is 2. The van der Waals surface area contributed by atoms with E-state index in [0.29, 0.717) is 5.16 Å². The number of aromatic amines is 1. The molecule has 19 heavy (non-hydrogen) atoms. The van der Waals surface area contributed by atoms with Gasteiger partial charge in [-0.1, -0.05) is 53.7 Å². The second-order valence-electron chi connectivity index (χ2n) is 4.55. The Morgan fingerprint density at radius 1 is 1.32 bits per heavy atom. The number of H-pyrrole nitrogens is 1. The number of thioether (sulfide) groups is 1. The van der Waals surface area contributed by atoms with Crippen molar-refractivity contribution >= 4 is 27.7 Å². The number of hydrogen-bond acceptors (Lipinski definition) is 3. The zero-order valence-corrected chi connectivity index (χ0v) is 13.2. The van der Waals surface area contributed by atoms with Crippen molar-refractivity contribution in [1.82, 2.24) is 9.97 Å². The molecule has 3 nitrogen and oxygen atoms in total. The summed E-state index contributed by atoms with van der Waals surface area (Å²) >= 11 is 4.95. The van der Waals surface area contributed by atoms with Crippen molar-refractivity contribution in [3.63, 3.8) is 0 Å². The molecule has 1 aromatic carbocycles. The van der Waals surface area contributed by atoms with Gasteiger partial charge in [0.05, 0.1) is 5.69 Å². The standard InChI is InChI=1S/C14H15BrN2OS/c1-9(2)12-7-13(18)17-14(16-12)19-8-10-3-5-11(15)6-4-10/h3-7,9H,8H2,1-2H3,(H,16,17,18). The Kier molecular flexibility index (Phi) is 4.82. The summed E-state index contributed by atoms with van der Waals surface area (Å²) in [5.41, 5.74) is 1.95. The average molecular weight is 339 g/mol. The fourth-order valence-corrected chi connectivity index (χ4v) is 2.65. The summed E-state index contributed by atoms with van der Waals surface area (Å²) in [6, 6.07) is 9.70. The van der Waals surface area contributed by atoms with Gasteiger partial charge in [-0.2, -0.15) is 0 Å². The van der Waals surface area contributed by atoms with Gasteiger partial charge in [-0.15, -0.1) is 0 Å². The van der Waals surface area contributed by atoms with Crippen LogP contribution in [0.1, 0.15) is 31.0 Å². The molecule has 0 fully saturated rings. The maximum atomic E-state index is 11.6. The Bertz CT molecular complexity index is 608. The molecule has 2 aromatic rings. The summed E-state index contributed by atoms with van der Waals surface area (Å²) in [6.45, 7) is 4.07. The van der Waals surface area contributed by atoms with Gasteiger partial charge in [0.2, 0.25) is 0 Å². The fraction of sp³-hybridized carbons (Fsp3) is 0.286. The van der Waals surface area contributed by atoms with Crippen LogP contribution < -0.4 is 5.56 Å². The number of benzene rings is 1. The van der Waals surface area contributed by atoms with E-state index in [9.17, 15) is 4.79 Å². The molecule has 0 aliphatic rings. The van der Waals surface area contributed by atoms with Gasteiger partial charge in [-0.05, 0) is 23.6 Å². The molecule has 0 saturated carbocycles. The zero-order chi connectivity index (χ0) is 13.8. The molecule has 1 heterocycles. The number of nitrogens with one attached hydrogen (secondary N) is 1. The van der Waals surface area contributed by atoms with Gasteiger partial charge in [-0.3, -0.25) is 4.79 Å². The lowest BCUT2D eigenvalue weighted by molar-refractivity contribution is 0.769. The highest BCUT2D eigenvalue weighted by Gasteiger charge is 2.06. The lowest BCUT2D eigenvalue weighted by atomic mass is 10.1. The average Bonchev–Trinajstić information content (AvgIpc) is 2.37. The van der Waals surface area contributed by atoms with Crippen molar-refractivity contribution in [2.45, 2.75) is 30.7 Å². The largest absolute Gasteiger partial charge is 0.301 e. The van der Waals surface area contributed by atoms with Crippen molar-refractivity contribution in [1.29, 1.82) is 0 Å². The summed E-state index contributed by atoms with van der Waals surface area (Å²) in [5.74, 6) is 1.05. The molecule has 0 atom stereocenters. The topological polar surface area (TPSA) is 45.8 Å². The molecular formula is C14H15BrN2OS. The van der Waals surface area contributed by atoms with Crippen LogP contribution in [0, 0.1) is 0 Å². The Morgan fingerprint density at radius 2 is 2.00 bits per heavy atom. The number of halogens is 1. The summed E-state index contributed by atoms with van der Waals surface area (Å²) in [6.07, 6.45) is 0. The maximum absolute atomic E-state index is 11.6. The van der Waals surface area contributed by atoms with Gasteiger partial charge >= 0.3 is 0 Å². The predicted molar refractivity (Wildman–Crippen MR) is 82.6 cm³/mol. The molecule has 1 N–H and O–H groups in total. The third kappa shape index (κ3) is 4.21. The lowest BCUT2D eigenvalue weighted by Crippen LogP contribution is -2.10. The van der Waals surface area contributed by atoms with Gasteiger partial charge in [0, 0.05) is 16.3 Å². The molecule has 0 saturated heterocycles. The van der Waals surface area contributed by atoms with Crippen molar-refractivity contribution in [2.75, 3.05) is 0 Å². The van der Waals surface area contributed by atoms with Crippen molar-refractivity contribution in [2.24, 2.45) is 0 Å². The summed E-state index contributed by atoms with van der Waals surface area (Å²) in [5, 5.41) is 0.680. The predicted octanol–water partition coefficient (Wildman–Crippen LogP) is 3.95. The van der Waals surface area contributed by atoms with Crippen LogP contribution in [0.3, 0.4) is 0 Å². The van der Waals surface area contributed by atoms with Crippen LogP contribution >= 0.6 is 27.7 Å². The van der Waals surface area contributed by atoms with E-state index in [1.54, 1.807) is 17.8 Å². The molecule has 0 aliphatic heterocycles. The van der Waals surface area contributed by atoms with Crippen molar-refractivity contribution in [3.8, 4) is 0 Å². The molecule has 100 valence electrons. The third-order valence-electron chi connectivity index (χ3n) is 2.62. The van der Waals surface area contributed by atoms with Crippen molar-refractivity contribution in [3.05, 3.63) is 56.4 Å². The molecule has 0 spiro atoms. The van der Waals surface area contributed by atoms with E-state index in [1.165, 1.54) is 5.56 Å². The lowest BCUT2D eigenvalue weighted by Gasteiger charge is -2.06. The monoisotopic (exact) mass is 338 g/mol. The number of rotatable bonds is 4. The second-order valence-corrected chi connectivity index (χ2v) is 6.42. The van der Waals surface area contributed by atoms with Crippen LogP contribution in [-0.4, -0.2) is 9.97 Å². The molecular weight excluding hydrogens is 324 g/mol. The molecule has 0 radical (unpaired) electrons. The van der Waals surface area contributed by atoms with Gasteiger partial charge in [0.15, 0.2) is 5.16 Å². The first kappa shape index (κ1) is 14.3. The molecule has 0 bridgehead atoms. The normalized spacial score (nSPS) is 10.9. The maximum Gasteiger partial charge on any atom is 0.251 e. The highest BCUT2D eigenvalue weighted by atomic mass is 79.9. The first-order valence-corrected chi connectivity index (χ1v) is 7.81. The highest BCUT2D eigenvalue weighted by molar-refractivity contribution is 9.10. The summed E-state index contributed by atoms with van der Waals surface area (Å²) < 4.78 is 1.06. The third-order valence-corrected chi connectivity index (χ3v) is 4.09. The first-order chi connectivity index (χ1) is 9.04. The fourth-order valence-electron chi connectivity index (χ4n) is 1.55.